The summed E-state index contributed by atoms with van der Waals surface area (Å²) < 4.78 is 33.8. The molecule has 108 valence electrons. The fourth-order valence-electron chi connectivity index (χ4n) is 1.44. The molecule has 0 radical (unpaired) electrons. The third kappa shape index (κ3) is 5.38. The van der Waals surface area contributed by atoms with Crippen LogP contribution in [0.25, 0.3) is 0 Å². The van der Waals surface area contributed by atoms with Crippen LogP contribution in [-0.4, -0.2) is 33.6 Å². The maximum Gasteiger partial charge on any atom is 0.175 e. The zero-order chi connectivity index (χ0) is 14.5. The topological polar surface area (TPSA) is 78.6 Å². The maximum atomic E-state index is 11.1. The fourth-order valence-corrected chi connectivity index (χ4v) is 2.43. The van der Waals surface area contributed by atoms with E-state index in [1.165, 1.54) is 6.26 Å². The first-order chi connectivity index (χ1) is 8.87. The second-order valence-electron chi connectivity index (χ2n) is 4.02. The summed E-state index contributed by atoms with van der Waals surface area (Å²) in [4.78, 5) is 0. The van der Waals surface area contributed by atoms with Crippen molar-refractivity contribution in [2.75, 3.05) is 25.2 Å². The Labute approximate surface area is 122 Å². The highest BCUT2D eigenvalue weighted by molar-refractivity contribution is 9.10. The molecule has 0 atom stereocenters. The number of hydrogen-bond donors (Lipinski definition) is 1. The number of ether oxygens (including phenoxy) is 2. The Balaban J connectivity index is 2.91. The minimum atomic E-state index is -3.05. The Morgan fingerprint density at radius 3 is 2.53 bits per heavy atom. The third-order valence-electron chi connectivity index (χ3n) is 2.31. The molecule has 0 aliphatic carbocycles. The minimum Gasteiger partial charge on any atom is -0.490 e. The molecule has 5 nitrogen and oxygen atoms in total. The second-order valence-corrected chi connectivity index (χ2v) is 7.13. The SMILES string of the molecule is CCOc1cc(CN)cc(Br)c1OCCS(C)(=O)=O. The number of nitrogens with two attached hydrogens (primary N) is 1. The lowest BCUT2D eigenvalue weighted by molar-refractivity contribution is 0.286. The molecule has 0 aliphatic rings. The van der Waals surface area contributed by atoms with Crippen LogP contribution in [0.4, 0.5) is 0 Å². The van der Waals surface area contributed by atoms with Gasteiger partial charge in [0.25, 0.3) is 0 Å². The van der Waals surface area contributed by atoms with Crippen LogP contribution in [0.1, 0.15) is 12.5 Å². The molecule has 7 heteroatoms. The maximum absolute atomic E-state index is 11.1. The monoisotopic (exact) mass is 351 g/mol. The van der Waals surface area contributed by atoms with Gasteiger partial charge in [-0.25, -0.2) is 8.42 Å². The van der Waals surface area contributed by atoms with Gasteiger partial charge in [-0.3, -0.25) is 0 Å². The molecule has 0 amide bonds. The summed E-state index contributed by atoms with van der Waals surface area (Å²) in [5.74, 6) is 1.03. The molecule has 0 spiro atoms. The van der Waals surface area contributed by atoms with Crippen molar-refractivity contribution in [1.29, 1.82) is 0 Å². The van der Waals surface area contributed by atoms with E-state index in [-0.39, 0.29) is 12.4 Å². The Bertz CT molecular complexity index is 531. The van der Waals surface area contributed by atoms with Crippen LogP contribution in [0.2, 0.25) is 0 Å². The Hall–Kier alpha value is -0.790. The van der Waals surface area contributed by atoms with Gasteiger partial charge in [-0.1, -0.05) is 0 Å². The molecule has 0 saturated heterocycles. The molecule has 2 N–H and O–H groups in total. The van der Waals surface area contributed by atoms with Gasteiger partial charge >= 0.3 is 0 Å². The van der Waals surface area contributed by atoms with Crippen molar-refractivity contribution in [1.82, 2.24) is 0 Å². The van der Waals surface area contributed by atoms with Gasteiger partial charge in [-0.2, -0.15) is 0 Å². The van der Waals surface area contributed by atoms with Gasteiger partial charge in [-0.15, -0.1) is 0 Å². The average Bonchev–Trinajstić information content (AvgIpc) is 2.31. The fraction of sp³-hybridized carbons (Fsp3) is 0.500. The predicted octanol–water partition coefficient (Wildman–Crippen LogP) is 1.73. The quantitative estimate of drug-likeness (QED) is 0.809. The van der Waals surface area contributed by atoms with Crippen molar-refractivity contribution in [2.45, 2.75) is 13.5 Å². The molecule has 0 fully saturated rings. The van der Waals surface area contributed by atoms with Crippen LogP contribution in [0.5, 0.6) is 11.5 Å². The third-order valence-corrected chi connectivity index (χ3v) is 3.80. The molecule has 0 unspecified atom stereocenters. The molecule has 0 aliphatic heterocycles. The standard InChI is InChI=1S/C12H18BrNO4S/c1-3-17-11-7-9(8-14)6-10(13)12(11)18-4-5-19(2,15)16/h6-7H,3-5,8,14H2,1-2H3. The van der Waals surface area contributed by atoms with E-state index < -0.39 is 9.84 Å². The van der Waals surface area contributed by atoms with Crippen LogP contribution < -0.4 is 15.2 Å². The number of halogens is 1. The summed E-state index contributed by atoms with van der Waals surface area (Å²) in [6.07, 6.45) is 1.17. The summed E-state index contributed by atoms with van der Waals surface area (Å²) in [6.45, 7) is 2.83. The lowest BCUT2D eigenvalue weighted by atomic mass is 10.2. The predicted molar refractivity (Wildman–Crippen MR) is 78.4 cm³/mol. The van der Waals surface area contributed by atoms with E-state index in [9.17, 15) is 8.42 Å². The number of rotatable bonds is 7. The molecule has 0 heterocycles. The summed E-state index contributed by atoms with van der Waals surface area (Å²) in [5, 5.41) is 0. The van der Waals surface area contributed by atoms with Crippen molar-refractivity contribution >= 4 is 25.8 Å². The number of sulfone groups is 1. The van der Waals surface area contributed by atoms with Crippen LogP contribution in [0.15, 0.2) is 16.6 Å². The van der Waals surface area contributed by atoms with E-state index in [0.29, 0.717) is 29.1 Å². The first-order valence-electron chi connectivity index (χ1n) is 5.83. The van der Waals surface area contributed by atoms with E-state index in [0.717, 1.165) is 5.56 Å². The van der Waals surface area contributed by atoms with Crippen LogP contribution in [-0.2, 0) is 16.4 Å². The zero-order valence-corrected chi connectivity index (χ0v) is 13.4. The summed E-state index contributed by atoms with van der Waals surface area (Å²) in [6, 6.07) is 3.63. The molecular weight excluding hydrogens is 334 g/mol. The van der Waals surface area contributed by atoms with Crippen LogP contribution in [0.3, 0.4) is 0 Å². The highest BCUT2D eigenvalue weighted by Gasteiger charge is 2.13. The largest absolute Gasteiger partial charge is 0.490 e. The summed E-state index contributed by atoms with van der Waals surface area (Å²) >= 11 is 3.38. The van der Waals surface area contributed by atoms with Gasteiger partial charge < -0.3 is 15.2 Å². The average molecular weight is 352 g/mol. The molecular formula is C12H18BrNO4S. The molecule has 1 aromatic rings. The molecule has 1 rings (SSSR count). The summed E-state index contributed by atoms with van der Waals surface area (Å²) in [5.41, 5.74) is 6.50. The lowest BCUT2D eigenvalue weighted by Gasteiger charge is -2.14. The van der Waals surface area contributed by atoms with Crippen molar-refractivity contribution in [2.24, 2.45) is 5.73 Å². The minimum absolute atomic E-state index is 0.0381. The zero-order valence-electron chi connectivity index (χ0n) is 11.0. The first kappa shape index (κ1) is 16.3. The summed E-state index contributed by atoms with van der Waals surface area (Å²) in [7, 11) is -3.05. The highest BCUT2D eigenvalue weighted by Crippen LogP contribution is 2.36. The molecule has 0 bridgehead atoms. The van der Waals surface area contributed by atoms with Gasteiger partial charge in [0.2, 0.25) is 0 Å². The second kappa shape index (κ2) is 7.12. The van der Waals surface area contributed by atoms with Gasteiger partial charge in [0.15, 0.2) is 21.3 Å². The van der Waals surface area contributed by atoms with Crippen LogP contribution >= 0.6 is 15.9 Å². The van der Waals surface area contributed by atoms with Gasteiger partial charge in [0.1, 0.15) is 6.61 Å². The van der Waals surface area contributed by atoms with E-state index in [4.69, 9.17) is 15.2 Å². The lowest BCUT2D eigenvalue weighted by Crippen LogP contribution is -2.13. The Morgan fingerprint density at radius 1 is 1.32 bits per heavy atom. The molecule has 1 aromatic carbocycles. The molecule has 0 saturated carbocycles. The highest BCUT2D eigenvalue weighted by atomic mass is 79.9. The van der Waals surface area contributed by atoms with Gasteiger partial charge in [0.05, 0.1) is 16.8 Å². The van der Waals surface area contributed by atoms with Crippen molar-refractivity contribution in [3.63, 3.8) is 0 Å². The van der Waals surface area contributed by atoms with E-state index >= 15 is 0 Å². The molecule has 0 aromatic heterocycles. The molecule has 19 heavy (non-hydrogen) atoms. The normalized spacial score (nSPS) is 11.4. The van der Waals surface area contributed by atoms with E-state index in [2.05, 4.69) is 15.9 Å². The van der Waals surface area contributed by atoms with Crippen molar-refractivity contribution in [3.05, 3.63) is 22.2 Å². The van der Waals surface area contributed by atoms with Gasteiger partial charge in [-0.05, 0) is 40.5 Å². The first-order valence-corrected chi connectivity index (χ1v) is 8.68. The van der Waals surface area contributed by atoms with Gasteiger partial charge in [0, 0.05) is 12.8 Å². The van der Waals surface area contributed by atoms with Crippen molar-refractivity contribution < 1.29 is 17.9 Å². The smallest absolute Gasteiger partial charge is 0.175 e. The number of hydrogen-bond acceptors (Lipinski definition) is 5. The van der Waals surface area contributed by atoms with Crippen LogP contribution in [0, 0.1) is 0 Å². The van der Waals surface area contributed by atoms with Crippen molar-refractivity contribution in [3.8, 4) is 11.5 Å². The number of benzene rings is 1. The Kier molecular flexibility index (Phi) is 6.09. The Morgan fingerprint density at radius 2 is 2.00 bits per heavy atom. The van der Waals surface area contributed by atoms with E-state index in [1.807, 2.05) is 13.0 Å². The van der Waals surface area contributed by atoms with E-state index in [1.54, 1.807) is 6.07 Å².